The smallest absolute Gasteiger partial charge is 0.278 e. The maximum Gasteiger partial charge on any atom is 0.345 e. The van der Waals surface area contributed by atoms with E-state index in [1.165, 1.54) is 23.4 Å². The molecule has 0 unspecified atom stereocenters. The van der Waals surface area contributed by atoms with Crippen molar-refractivity contribution in [3.8, 4) is 0 Å². The normalized spacial score (nSPS) is 21.1. The fourth-order valence-corrected chi connectivity index (χ4v) is 3.28. The van der Waals surface area contributed by atoms with E-state index in [1.807, 2.05) is 0 Å². The van der Waals surface area contributed by atoms with Crippen molar-refractivity contribution in [3.05, 3.63) is 16.3 Å². The largest absolute Gasteiger partial charge is 0.345 e. The molecule has 0 bridgehead atoms. The Morgan fingerprint density at radius 3 is 2.63 bits per heavy atom. The van der Waals surface area contributed by atoms with E-state index in [1.54, 1.807) is 9.25 Å². The van der Waals surface area contributed by atoms with Crippen molar-refractivity contribution in [3.63, 3.8) is 0 Å². The van der Waals surface area contributed by atoms with Gasteiger partial charge in [-0.3, -0.25) is 4.57 Å². The van der Waals surface area contributed by atoms with Crippen LogP contribution in [0.3, 0.4) is 0 Å². The topological polar surface area (TPSA) is 77.2 Å². The van der Waals surface area contributed by atoms with Gasteiger partial charge in [0.2, 0.25) is 10.0 Å². The SMILES string of the molecule is CS(=O)(=O)N1CCc2nn(CC3CC3)c(=O)n2CC1. The molecule has 19 heavy (non-hydrogen) atoms. The Morgan fingerprint density at radius 2 is 2.00 bits per heavy atom. The summed E-state index contributed by atoms with van der Waals surface area (Å²) in [4.78, 5) is 12.2. The fraction of sp³-hybridized carbons (Fsp3) is 0.818. The van der Waals surface area contributed by atoms with Gasteiger partial charge in [0.05, 0.1) is 6.26 Å². The van der Waals surface area contributed by atoms with E-state index in [9.17, 15) is 13.2 Å². The van der Waals surface area contributed by atoms with E-state index in [0.29, 0.717) is 44.3 Å². The first-order valence-electron chi connectivity index (χ1n) is 6.57. The standard InChI is InChI=1S/C11H18N4O3S/c1-19(17,18)13-5-4-10-12-15(8-9-2-3-9)11(16)14(10)7-6-13/h9H,2-8H2,1H3. The summed E-state index contributed by atoms with van der Waals surface area (Å²) in [5, 5.41) is 4.35. The number of fused-ring (bicyclic) bond motifs is 1. The number of rotatable bonds is 3. The molecule has 1 aromatic heterocycles. The van der Waals surface area contributed by atoms with Crippen LogP contribution < -0.4 is 5.69 Å². The van der Waals surface area contributed by atoms with Crippen molar-refractivity contribution in [2.24, 2.45) is 5.92 Å². The summed E-state index contributed by atoms with van der Waals surface area (Å²) >= 11 is 0. The molecule has 0 spiro atoms. The molecule has 0 amide bonds. The summed E-state index contributed by atoms with van der Waals surface area (Å²) in [5.74, 6) is 1.31. The molecule has 2 aliphatic rings. The average Bonchev–Trinajstić information content (AvgIpc) is 3.09. The summed E-state index contributed by atoms with van der Waals surface area (Å²) in [7, 11) is -3.19. The van der Waals surface area contributed by atoms with Crippen LogP contribution in [0.15, 0.2) is 4.79 Å². The van der Waals surface area contributed by atoms with Crippen LogP contribution in [-0.4, -0.2) is 46.4 Å². The average molecular weight is 286 g/mol. The molecule has 1 saturated carbocycles. The van der Waals surface area contributed by atoms with E-state index in [-0.39, 0.29) is 5.69 Å². The molecule has 0 atom stereocenters. The monoisotopic (exact) mass is 286 g/mol. The quantitative estimate of drug-likeness (QED) is 0.734. The zero-order valence-electron chi connectivity index (χ0n) is 10.9. The highest BCUT2D eigenvalue weighted by molar-refractivity contribution is 7.88. The molecule has 0 saturated heterocycles. The van der Waals surface area contributed by atoms with Crippen molar-refractivity contribution in [1.82, 2.24) is 18.7 Å². The summed E-state index contributed by atoms with van der Waals surface area (Å²) in [6.45, 7) is 1.85. The first kappa shape index (κ1) is 12.9. The second kappa shape index (κ2) is 4.45. The van der Waals surface area contributed by atoms with Gasteiger partial charge in [0.1, 0.15) is 5.82 Å². The van der Waals surface area contributed by atoms with E-state index in [0.717, 1.165) is 0 Å². The van der Waals surface area contributed by atoms with Crippen molar-refractivity contribution in [2.75, 3.05) is 19.3 Å². The Morgan fingerprint density at radius 1 is 1.26 bits per heavy atom. The Bertz CT molecular complexity index is 641. The molecule has 1 aromatic rings. The zero-order chi connectivity index (χ0) is 13.6. The van der Waals surface area contributed by atoms with Crippen LogP contribution in [0.2, 0.25) is 0 Å². The van der Waals surface area contributed by atoms with Gasteiger partial charge in [-0.25, -0.2) is 17.9 Å². The maximum atomic E-state index is 12.2. The zero-order valence-corrected chi connectivity index (χ0v) is 11.8. The lowest BCUT2D eigenvalue weighted by molar-refractivity contribution is 0.412. The van der Waals surface area contributed by atoms with Crippen molar-refractivity contribution in [2.45, 2.75) is 32.4 Å². The van der Waals surface area contributed by atoms with Crippen LogP contribution >= 0.6 is 0 Å². The number of aromatic nitrogens is 3. The third-order valence-electron chi connectivity index (χ3n) is 3.75. The summed E-state index contributed by atoms with van der Waals surface area (Å²) in [6, 6.07) is 0. The van der Waals surface area contributed by atoms with Gasteiger partial charge in [0, 0.05) is 32.6 Å². The molecule has 106 valence electrons. The summed E-state index contributed by atoms with van der Waals surface area (Å²) in [6.07, 6.45) is 4.05. The van der Waals surface area contributed by atoms with Gasteiger partial charge in [-0.05, 0) is 18.8 Å². The van der Waals surface area contributed by atoms with E-state index in [2.05, 4.69) is 5.10 Å². The number of hydrogen-bond donors (Lipinski definition) is 0. The highest BCUT2D eigenvalue weighted by Gasteiger charge is 2.27. The molecule has 7 nitrogen and oxygen atoms in total. The molecule has 1 fully saturated rings. The molecule has 0 aromatic carbocycles. The predicted molar refractivity (Wildman–Crippen MR) is 69.3 cm³/mol. The molecular formula is C11H18N4O3S. The minimum absolute atomic E-state index is 0.0998. The molecule has 3 rings (SSSR count). The van der Waals surface area contributed by atoms with Gasteiger partial charge in [-0.1, -0.05) is 0 Å². The lowest BCUT2D eigenvalue weighted by Crippen LogP contribution is -2.34. The summed E-state index contributed by atoms with van der Waals surface area (Å²) in [5.41, 5.74) is -0.0998. The third kappa shape index (κ3) is 2.59. The highest BCUT2D eigenvalue weighted by Crippen LogP contribution is 2.29. The minimum atomic E-state index is -3.19. The van der Waals surface area contributed by atoms with Crippen LogP contribution in [-0.2, 0) is 29.5 Å². The van der Waals surface area contributed by atoms with Gasteiger partial charge >= 0.3 is 5.69 Å². The van der Waals surface area contributed by atoms with Gasteiger partial charge in [0.25, 0.3) is 0 Å². The van der Waals surface area contributed by atoms with E-state index < -0.39 is 10.0 Å². The number of nitrogens with zero attached hydrogens (tertiary/aromatic N) is 4. The Labute approximate surface area is 111 Å². The van der Waals surface area contributed by atoms with Crippen molar-refractivity contribution < 1.29 is 8.42 Å². The van der Waals surface area contributed by atoms with Gasteiger partial charge in [0.15, 0.2) is 0 Å². The second-order valence-corrected chi connectivity index (χ2v) is 7.37. The van der Waals surface area contributed by atoms with Crippen LogP contribution in [0.5, 0.6) is 0 Å². The molecule has 8 heteroatoms. The van der Waals surface area contributed by atoms with E-state index >= 15 is 0 Å². The van der Waals surface area contributed by atoms with Crippen molar-refractivity contribution in [1.29, 1.82) is 0 Å². The van der Waals surface area contributed by atoms with Gasteiger partial charge < -0.3 is 0 Å². The van der Waals surface area contributed by atoms with Crippen LogP contribution in [0.1, 0.15) is 18.7 Å². The molecule has 0 N–H and O–H groups in total. The Kier molecular flexibility index (Phi) is 3.01. The Balaban J connectivity index is 1.83. The first-order valence-corrected chi connectivity index (χ1v) is 8.41. The first-order chi connectivity index (χ1) is 8.95. The molecule has 0 radical (unpaired) electrons. The fourth-order valence-electron chi connectivity index (χ4n) is 2.44. The van der Waals surface area contributed by atoms with Gasteiger partial charge in [-0.2, -0.15) is 9.40 Å². The Hall–Kier alpha value is -1.15. The van der Waals surface area contributed by atoms with E-state index in [4.69, 9.17) is 0 Å². The number of sulfonamides is 1. The lowest BCUT2D eigenvalue weighted by Gasteiger charge is -2.16. The van der Waals surface area contributed by atoms with Crippen LogP contribution in [0.25, 0.3) is 0 Å². The minimum Gasteiger partial charge on any atom is -0.278 e. The molecular weight excluding hydrogens is 268 g/mol. The second-order valence-electron chi connectivity index (χ2n) is 5.39. The molecule has 1 aliphatic heterocycles. The predicted octanol–water partition coefficient (Wildman–Crippen LogP) is -0.727. The van der Waals surface area contributed by atoms with Crippen LogP contribution in [0, 0.1) is 5.92 Å². The summed E-state index contributed by atoms with van der Waals surface area (Å²) < 4.78 is 27.6. The number of hydrogen-bond acceptors (Lipinski definition) is 4. The highest BCUT2D eigenvalue weighted by atomic mass is 32.2. The molecule has 1 aliphatic carbocycles. The molecule has 2 heterocycles. The third-order valence-corrected chi connectivity index (χ3v) is 5.06. The van der Waals surface area contributed by atoms with Crippen molar-refractivity contribution >= 4 is 10.0 Å². The maximum absolute atomic E-state index is 12.2. The van der Waals surface area contributed by atoms with Gasteiger partial charge in [-0.15, -0.1) is 0 Å². The van der Waals surface area contributed by atoms with Crippen LogP contribution in [0.4, 0.5) is 0 Å². The lowest BCUT2D eigenvalue weighted by atomic mass is 10.4.